The first-order chi connectivity index (χ1) is 12.9. The maximum absolute atomic E-state index is 5.87. The first kappa shape index (κ1) is 23.8. The lowest BCUT2D eigenvalue weighted by atomic mass is 9.94. The van der Waals surface area contributed by atoms with Crippen LogP contribution in [0.3, 0.4) is 0 Å². The Bertz CT molecular complexity index is 631. The predicted molar refractivity (Wildman–Crippen MR) is 129 cm³/mol. The maximum atomic E-state index is 5.87. The Balaban J connectivity index is 0.00000280. The maximum Gasteiger partial charge on any atom is 0.213 e. The molecule has 0 aromatic carbocycles. The van der Waals surface area contributed by atoms with E-state index in [9.17, 15) is 0 Å². The summed E-state index contributed by atoms with van der Waals surface area (Å²) in [4.78, 5) is 11.5. The molecule has 1 aliphatic heterocycles. The van der Waals surface area contributed by atoms with Crippen LogP contribution in [0.25, 0.3) is 0 Å². The average Bonchev–Trinajstić information content (AvgIpc) is 3.33. The monoisotopic (exact) mass is 521 g/mol. The minimum absolute atomic E-state index is 0. The molecule has 1 aliphatic carbocycles. The standard InChI is InChI=1S/C20H35N5OS.HI/c1-19(2,3)16-13-22-17(26-16)14-23-18(21-4)24-15-20(7-5-6-8-20)25-9-11-27-12-10-25;/h13H,5-12,14-15H2,1-4H3,(H2,21,23,24);1H. The molecule has 6 nitrogen and oxygen atoms in total. The van der Waals surface area contributed by atoms with Gasteiger partial charge in [0.15, 0.2) is 5.96 Å². The molecule has 1 saturated heterocycles. The molecule has 0 radical (unpaired) electrons. The lowest BCUT2D eigenvalue weighted by Gasteiger charge is -2.43. The third-order valence-corrected chi connectivity index (χ3v) is 6.67. The summed E-state index contributed by atoms with van der Waals surface area (Å²) in [7, 11) is 1.82. The Morgan fingerprint density at radius 3 is 2.50 bits per heavy atom. The van der Waals surface area contributed by atoms with Gasteiger partial charge in [0, 0.05) is 49.1 Å². The lowest BCUT2D eigenvalue weighted by Crippen LogP contribution is -2.57. The summed E-state index contributed by atoms with van der Waals surface area (Å²) >= 11 is 2.08. The number of hydrogen-bond acceptors (Lipinski definition) is 5. The Kier molecular flexibility index (Phi) is 8.94. The van der Waals surface area contributed by atoms with Gasteiger partial charge in [-0.3, -0.25) is 9.89 Å². The van der Waals surface area contributed by atoms with Crippen LogP contribution in [0.5, 0.6) is 0 Å². The van der Waals surface area contributed by atoms with E-state index in [0.29, 0.717) is 18.0 Å². The van der Waals surface area contributed by atoms with E-state index in [4.69, 9.17) is 4.42 Å². The molecule has 0 bridgehead atoms. The van der Waals surface area contributed by atoms with Crippen molar-refractivity contribution < 1.29 is 4.42 Å². The summed E-state index contributed by atoms with van der Waals surface area (Å²) < 4.78 is 5.87. The SMILES string of the molecule is CN=C(NCc1ncc(C(C)(C)C)o1)NCC1(N2CCSCC2)CCCC1.I. The van der Waals surface area contributed by atoms with E-state index >= 15 is 0 Å². The third-order valence-electron chi connectivity index (χ3n) is 5.72. The van der Waals surface area contributed by atoms with Crippen LogP contribution in [0.1, 0.15) is 58.1 Å². The molecule has 0 unspecified atom stereocenters. The van der Waals surface area contributed by atoms with Crippen molar-refractivity contribution in [3.05, 3.63) is 17.8 Å². The highest BCUT2D eigenvalue weighted by atomic mass is 127. The second kappa shape index (κ2) is 10.5. The van der Waals surface area contributed by atoms with E-state index in [2.05, 4.69) is 58.0 Å². The molecule has 1 aromatic rings. The smallest absolute Gasteiger partial charge is 0.213 e. The zero-order chi connectivity index (χ0) is 19.3. The number of guanidine groups is 1. The van der Waals surface area contributed by atoms with Crippen molar-refractivity contribution in [1.82, 2.24) is 20.5 Å². The zero-order valence-electron chi connectivity index (χ0n) is 17.7. The van der Waals surface area contributed by atoms with Crippen LogP contribution in [0.4, 0.5) is 0 Å². The van der Waals surface area contributed by atoms with E-state index in [1.165, 1.54) is 50.3 Å². The van der Waals surface area contributed by atoms with E-state index in [1.807, 2.05) is 13.2 Å². The van der Waals surface area contributed by atoms with Crippen molar-refractivity contribution >= 4 is 41.7 Å². The van der Waals surface area contributed by atoms with Crippen LogP contribution >= 0.6 is 35.7 Å². The van der Waals surface area contributed by atoms with Gasteiger partial charge >= 0.3 is 0 Å². The number of halogens is 1. The molecule has 0 spiro atoms. The summed E-state index contributed by atoms with van der Waals surface area (Å²) in [6.07, 6.45) is 7.08. The quantitative estimate of drug-likeness (QED) is 0.351. The number of oxazole rings is 1. The predicted octanol–water partition coefficient (Wildman–Crippen LogP) is 3.62. The number of hydrogen-bond donors (Lipinski definition) is 2. The number of rotatable bonds is 5. The van der Waals surface area contributed by atoms with Gasteiger partial charge in [-0.2, -0.15) is 11.8 Å². The Hall–Kier alpha value is -0.480. The Morgan fingerprint density at radius 2 is 1.93 bits per heavy atom. The molecule has 0 atom stereocenters. The van der Waals surface area contributed by atoms with Crippen LogP contribution in [0.2, 0.25) is 0 Å². The van der Waals surface area contributed by atoms with Crippen molar-refractivity contribution in [1.29, 1.82) is 0 Å². The molecular formula is C20H36IN5OS. The summed E-state index contributed by atoms with van der Waals surface area (Å²) in [5.41, 5.74) is 0.272. The molecule has 2 aliphatic rings. The fraction of sp³-hybridized carbons (Fsp3) is 0.800. The number of aliphatic imine (C=N–C) groups is 1. The van der Waals surface area contributed by atoms with Gasteiger partial charge in [0.25, 0.3) is 0 Å². The molecule has 8 heteroatoms. The minimum Gasteiger partial charge on any atom is -0.443 e. The highest BCUT2D eigenvalue weighted by molar-refractivity contribution is 14.0. The average molecular weight is 522 g/mol. The molecule has 1 aromatic heterocycles. The number of aromatic nitrogens is 1. The summed E-state index contributed by atoms with van der Waals surface area (Å²) in [5.74, 6) is 4.95. The van der Waals surface area contributed by atoms with Gasteiger partial charge in [-0.15, -0.1) is 24.0 Å². The van der Waals surface area contributed by atoms with Gasteiger partial charge in [-0.25, -0.2) is 4.98 Å². The van der Waals surface area contributed by atoms with E-state index < -0.39 is 0 Å². The lowest BCUT2D eigenvalue weighted by molar-refractivity contribution is 0.107. The molecule has 160 valence electrons. The summed E-state index contributed by atoms with van der Waals surface area (Å²) in [6.45, 7) is 10.3. The van der Waals surface area contributed by atoms with Crippen molar-refractivity contribution in [3.63, 3.8) is 0 Å². The number of nitrogens with one attached hydrogen (secondary N) is 2. The molecule has 2 fully saturated rings. The highest BCUT2D eigenvalue weighted by Crippen LogP contribution is 2.36. The summed E-state index contributed by atoms with van der Waals surface area (Å²) in [6, 6.07) is 0. The summed E-state index contributed by atoms with van der Waals surface area (Å²) in [5, 5.41) is 6.93. The van der Waals surface area contributed by atoms with E-state index in [1.54, 1.807) is 0 Å². The van der Waals surface area contributed by atoms with Gasteiger partial charge in [0.2, 0.25) is 5.89 Å². The fourth-order valence-corrected chi connectivity index (χ4v) is 4.95. The highest BCUT2D eigenvalue weighted by Gasteiger charge is 2.39. The molecule has 2 heterocycles. The number of thioether (sulfide) groups is 1. The van der Waals surface area contributed by atoms with Gasteiger partial charge in [-0.05, 0) is 12.8 Å². The van der Waals surface area contributed by atoms with E-state index in [0.717, 1.165) is 18.3 Å². The fourth-order valence-electron chi connectivity index (χ4n) is 4.04. The number of nitrogens with zero attached hydrogens (tertiary/aromatic N) is 3. The largest absolute Gasteiger partial charge is 0.443 e. The van der Waals surface area contributed by atoms with Crippen molar-refractivity contribution in [2.45, 2.75) is 64.0 Å². The first-order valence-corrected chi connectivity index (χ1v) is 11.3. The van der Waals surface area contributed by atoms with Gasteiger partial charge < -0.3 is 15.1 Å². The molecule has 1 saturated carbocycles. The van der Waals surface area contributed by atoms with Crippen LogP contribution in [0.15, 0.2) is 15.6 Å². The zero-order valence-corrected chi connectivity index (χ0v) is 20.9. The molecule has 0 amide bonds. The Labute approximate surface area is 191 Å². The second-order valence-electron chi connectivity index (χ2n) is 8.68. The van der Waals surface area contributed by atoms with Crippen molar-refractivity contribution in [3.8, 4) is 0 Å². The van der Waals surface area contributed by atoms with Crippen molar-refractivity contribution in [2.24, 2.45) is 4.99 Å². The van der Waals surface area contributed by atoms with Crippen LogP contribution in [0, 0.1) is 0 Å². The molecule has 28 heavy (non-hydrogen) atoms. The Morgan fingerprint density at radius 1 is 1.25 bits per heavy atom. The normalized spacial score (nSPS) is 20.6. The van der Waals surface area contributed by atoms with Gasteiger partial charge in [0.1, 0.15) is 5.76 Å². The van der Waals surface area contributed by atoms with Crippen molar-refractivity contribution in [2.75, 3.05) is 38.2 Å². The third kappa shape index (κ3) is 6.01. The van der Waals surface area contributed by atoms with Crippen LogP contribution < -0.4 is 10.6 Å². The molecule has 3 rings (SSSR count). The van der Waals surface area contributed by atoms with E-state index in [-0.39, 0.29) is 29.4 Å². The first-order valence-electron chi connectivity index (χ1n) is 10.2. The molecular weight excluding hydrogens is 485 g/mol. The minimum atomic E-state index is -0.0211. The van der Waals surface area contributed by atoms with Gasteiger partial charge in [0.05, 0.1) is 12.7 Å². The molecule has 2 N–H and O–H groups in total. The second-order valence-corrected chi connectivity index (χ2v) is 9.90. The topological polar surface area (TPSA) is 65.7 Å². The van der Waals surface area contributed by atoms with Crippen LogP contribution in [-0.2, 0) is 12.0 Å². The van der Waals surface area contributed by atoms with Crippen LogP contribution in [-0.4, -0.2) is 59.6 Å². The van der Waals surface area contributed by atoms with Gasteiger partial charge in [-0.1, -0.05) is 33.6 Å².